The van der Waals surface area contributed by atoms with Gasteiger partial charge in [0.25, 0.3) is 0 Å². The van der Waals surface area contributed by atoms with E-state index in [1.807, 2.05) is 6.92 Å². The molecule has 1 aliphatic carbocycles. The van der Waals surface area contributed by atoms with Crippen molar-refractivity contribution in [1.29, 1.82) is 0 Å². The lowest BCUT2D eigenvalue weighted by atomic mass is 9.90. The van der Waals surface area contributed by atoms with Crippen molar-refractivity contribution in [3.8, 4) is 0 Å². The number of rotatable bonds is 7. The summed E-state index contributed by atoms with van der Waals surface area (Å²) in [4.78, 5) is 24.4. The summed E-state index contributed by atoms with van der Waals surface area (Å²) in [6, 6.07) is 2.06. The number of aryl methyl sites for hydroxylation is 2. The molecule has 5 nitrogen and oxygen atoms in total. The highest BCUT2D eigenvalue weighted by Crippen LogP contribution is 2.37. The molecule has 0 saturated carbocycles. The van der Waals surface area contributed by atoms with E-state index in [0.29, 0.717) is 18.7 Å². The number of carbonyl (C=O) groups excluding carboxylic acids is 1. The van der Waals surface area contributed by atoms with E-state index in [4.69, 9.17) is 10.7 Å². The first-order valence-electron chi connectivity index (χ1n) is 11.2. The van der Waals surface area contributed by atoms with Gasteiger partial charge in [-0.2, -0.15) is 0 Å². The molecule has 0 radical (unpaired) electrons. The van der Waals surface area contributed by atoms with Gasteiger partial charge in [-0.25, -0.2) is 18.7 Å². The molecule has 1 aliphatic heterocycles. The van der Waals surface area contributed by atoms with Gasteiger partial charge in [0.15, 0.2) is 11.6 Å². The quantitative estimate of drug-likeness (QED) is 0.727. The van der Waals surface area contributed by atoms with Crippen LogP contribution in [-0.4, -0.2) is 34.9 Å². The van der Waals surface area contributed by atoms with Crippen LogP contribution in [0.5, 0.6) is 0 Å². The molecule has 2 heterocycles. The maximum atomic E-state index is 13.7. The summed E-state index contributed by atoms with van der Waals surface area (Å²) < 4.78 is 27.2. The molecule has 2 atom stereocenters. The third kappa shape index (κ3) is 4.47. The van der Waals surface area contributed by atoms with Crippen molar-refractivity contribution in [2.75, 3.05) is 18.0 Å². The molecule has 166 valence electrons. The molecule has 7 heteroatoms. The van der Waals surface area contributed by atoms with Crippen LogP contribution >= 0.6 is 0 Å². The van der Waals surface area contributed by atoms with Crippen LogP contribution in [0.4, 0.5) is 14.6 Å². The zero-order valence-electron chi connectivity index (χ0n) is 18.3. The molecule has 31 heavy (non-hydrogen) atoms. The van der Waals surface area contributed by atoms with E-state index in [-0.39, 0.29) is 24.5 Å². The van der Waals surface area contributed by atoms with Gasteiger partial charge in [-0.15, -0.1) is 0 Å². The highest BCUT2D eigenvalue weighted by atomic mass is 19.2. The zero-order valence-corrected chi connectivity index (χ0v) is 18.3. The number of carbonyl (C=O) groups is 1. The monoisotopic (exact) mass is 428 g/mol. The Morgan fingerprint density at radius 2 is 1.94 bits per heavy atom. The highest BCUT2D eigenvalue weighted by molar-refractivity contribution is 5.81. The van der Waals surface area contributed by atoms with Gasteiger partial charge in [-0.05, 0) is 62.3 Å². The number of fused-ring (bicyclic) bond motifs is 1. The Morgan fingerprint density at radius 1 is 1.23 bits per heavy atom. The van der Waals surface area contributed by atoms with Gasteiger partial charge in [-0.3, -0.25) is 4.79 Å². The van der Waals surface area contributed by atoms with Crippen molar-refractivity contribution in [2.24, 2.45) is 5.73 Å². The summed E-state index contributed by atoms with van der Waals surface area (Å²) in [5.74, 6) is -0.367. The molecule has 0 bridgehead atoms. The third-order valence-electron chi connectivity index (χ3n) is 6.64. The second-order valence-electron chi connectivity index (χ2n) is 8.77. The Labute approximate surface area is 182 Å². The maximum absolute atomic E-state index is 13.7. The second kappa shape index (κ2) is 8.99. The first-order chi connectivity index (χ1) is 14.9. The normalized spacial score (nSPS) is 19.0. The maximum Gasteiger partial charge on any atom is 0.159 e. The van der Waals surface area contributed by atoms with Gasteiger partial charge >= 0.3 is 0 Å². The van der Waals surface area contributed by atoms with Gasteiger partial charge in [0.1, 0.15) is 17.4 Å². The molecule has 2 aliphatic rings. The molecule has 1 fully saturated rings. The van der Waals surface area contributed by atoms with E-state index in [1.54, 1.807) is 0 Å². The van der Waals surface area contributed by atoms with E-state index >= 15 is 0 Å². The number of nitrogens with two attached hydrogens (primary N) is 1. The fourth-order valence-corrected chi connectivity index (χ4v) is 5.05. The van der Waals surface area contributed by atoms with Crippen LogP contribution in [0, 0.1) is 18.6 Å². The van der Waals surface area contributed by atoms with Crippen LogP contribution in [0.25, 0.3) is 0 Å². The van der Waals surface area contributed by atoms with Crippen LogP contribution in [-0.2, 0) is 24.1 Å². The van der Waals surface area contributed by atoms with Gasteiger partial charge in [-0.1, -0.05) is 6.92 Å². The van der Waals surface area contributed by atoms with Crippen LogP contribution in [0.15, 0.2) is 12.1 Å². The Balaban J connectivity index is 1.47. The van der Waals surface area contributed by atoms with E-state index in [2.05, 4.69) is 16.8 Å². The van der Waals surface area contributed by atoms with Crippen LogP contribution in [0.2, 0.25) is 0 Å². The zero-order chi connectivity index (χ0) is 22.1. The summed E-state index contributed by atoms with van der Waals surface area (Å²) in [7, 11) is 0. The van der Waals surface area contributed by atoms with Crippen molar-refractivity contribution < 1.29 is 13.6 Å². The Kier molecular flexibility index (Phi) is 6.32. The Hall–Kier alpha value is -2.41. The van der Waals surface area contributed by atoms with E-state index < -0.39 is 17.7 Å². The van der Waals surface area contributed by atoms with E-state index in [0.717, 1.165) is 60.6 Å². The largest absolute Gasteiger partial charge is 0.356 e. The summed E-state index contributed by atoms with van der Waals surface area (Å²) in [5.41, 5.74) is 9.94. The molecule has 1 aromatic heterocycles. The smallest absolute Gasteiger partial charge is 0.159 e. The summed E-state index contributed by atoms with van der Waals surface area (Å²) in [6.45, 7) is 6.05. The van der Waals surface area contributed by atoms with Crippen molar-refractivity contribution in [1.82, 2.24) is 9.97 Å². The van der Waals surface area contributed by atoms with Crippen molar-refractivity contribution in [3.05, 3.63) is 52.0 Å². The lowest BCUT2D eigenvalue weighted by molar-refractivity contribution is -0.119. The predicted octanol–water partition coefficient (Wildman–Crippen LogP) is 3.78. The molecular weight excluding hydrogens is 398 g/mol. The van der Waals surface area contributed by atoms with Gasteiger partial charge in [0.2, 0.25) is 0 Å². The molecule has 1 saturated heterocycles. The number of Topliss-reactive ketones (excluding diaryl/α,β-unsaturated/α-hetero) is 1. The number of hydrogen-bond donors (Lipinski definition) is 1. The van der Waals surface area contributed by atoms with Crippen molar-refractivity contribution >= 4 is 11.6 Å². The molecule has 2 unspecified atom stereocenters. The average molecular weight is 429 g/mol. The summed E-state index contributed by atoms with van der Waals surface area (Å²) >= 11 is 0. The van der Waals surface area contributed by atoms with Crippen molar-refractivity contribution in [2.45, 2.75) is 70.8 Å². The molecule has 0 amide bonds. The Morgan fingerprint density at radius 3 is 2.65 bits per heavy atom. The fraction of sp³-hybridized carbons (Fsp3) is 0.542. The topological polar surface area (TPSA) is 72.1 Å². The number of aromatic nitrogens is 2. The van der Waals surface area contributed by atoms with Crippen molar-refractivity contribution in [3.63, 3.8) is 0 Å². The molecular formula is C24H30F2N4O. The number of halogens is 2. The lowest BCUT2D eigenvalue weighted by Gasteiger charge is -2.22. The number of nitrogens with zero attached hydrogens (tertiary/aromatic N) is 3. The minimum Gasteiger partial charge on any atom is -0.356 e. The lowest BCUT2D eigenvalue weighted by Crippen LogP contribution is -2.31. The summed E-state index contributed by atoms with van der Waals surface area (Å²) in [6.07, 6.45) is 4.82. The van der Waals surface area contributed by atoms with Gasteiger partial charge in [0.05, 0.1) is 6.42 Å². The average Bonchev–Trinajstić information content (AvgIpc) is 3.38. The number of benzene rings is 1. The number of hydrogen-bond acceptors (Lipinski definition) is 5. The molecule has 0 spiro atoms. The predicted molar refractivity (Wildman–Crippen MR) is 116 cm³/mol. The SMILES string of the molecule is CCc1c(C)nc(CC(=O)CC(N)C2CCc3cc(F)c(F)cc32)nc1N1CCCC1. The van der Waals surface area contributed by atoms with E-state index in [9.17, 15) is 13.6 Å². The minimum atomic E-state index is -0.862. The molecule has 4 rings (SSSR count). The number of ketones is 1. The first kappa shape index (κ1) is 21.8. The van der Waals surface area contributed by atoms with Gasteiger partial charge < -0.3 is 10.6 Å². The highest BCUT2D eigenvalue weighted by Gasteiger charge is 2.30. The molecule has 2 N–H and O–H groups in total. The second-order valence-corrected chi connectivity index (χ2v) is 8.77. The fourth-order valence-electron chi connectivity index (χ4n) is 5.05. The molecule has 2 aromatic rings. The van der Waals surface area contributed by atoms with Crippen LogP contribution in [0.3, 0.4) is 0 Å². The summed E-state index contributed by atoms with van der Waals surface area (Å²) in [5, 5.41) is 0. The Bertz CT molecular complexity index is 988. The first-order valence-corrected chi connectivity index (χ1v) is 11.2. The van der Waals surface area contributed by atoms with E-state index in [1.165, 1.54) is 12.1 Å². The van der Waals surface area contributed by atoms with Crippen LogP contribution < -0.4 is 10.6 Å². The molecule has 1 aromatic carbocycles. The van der Waals surface area contributed by atoms with Crippen LogP contribution in [0.1, 0.15) is 66.7 Å². The third-order valence-corrected chi connectivity index (χ3v) is 6.64. The minimum absolute atomic E-state index is 0.0282. The standard InChI is InChI=1S/C24H30F2N4O/c1-3-17-14(2)28-23(29-24(17)30-8-4-5-9-30)12-16(31)11-22(27)18-7-6-15-10-20(25)21(26)13-19(15)18/h10,13,18,22H,3-9,11-12,27H2,1-2H3. The van der Waals surface area contributed by atoms with Gasteiger partial charge in [0, 0.05) is 42.7 Å². The number of anilines is 1.